The molecule has 9 heteroatoms. The van der Waals surface area contributed by atoms with E-state index in [9.17, 15) is 9.59 Å². The summed E-state index contributed by atoms with van der Waals surface area (Å²) in [6, 6.07) is 20.4. The lowest BCUT2D eigenvalue weighted by Gasteiger charge is -2.16. The van der Waals surface area contributed by atoms with Crippen molar-refractivity contribution in [2.75, 3.05) is 18.9 Å². The third kappa shape index (κ3) is 6.80. The van der Waals surface area contributed by atoms with Crippen molar-refractivity contribution in [1.29, 1.82) is 0 Å². The number of nitrogens with zero attached hydrogens (tertiary/aromatic N) is 5. The van der Waals surface area contributed by atoms with Crippen molar-refractivity contribution >= 4 is 23.4 Å². The SMILES string of the molecule is CN(CCc1ccccn1)Cc1ccc(-c2cccc3nc(NC(=O)C4CC4)nn23)cc1.NC(=O)C1CC1. The Labute approximate surface area is 222 Å². The monoisotopic (exact) mass is 511 g/mol. The van der Waals surface area contributed by atoms with Crippen molar-refractivity contribution in [3.8, 4) is 11.3 Å². The van der Waals surface area contributed by atoms with Gasteiger partial charge in [-0.15, -0.1) is 5.10 Å². The van der Waals surface area contributed by atoms with Crippen LogP contribution in [0, 0.1) is 11.8 Å². The van der Waals surface area contributed by atoms with Gasteiger partial charge in [0.05, 0.1) is 5.69 Å². The van der Waals surface area contributed by atoms with Crippen molar-refractivity contribution < 1.29 is 9.59 Å². The molecular weight excluding hydrogens is 478 g/mol. The zero-order valence-corrected chi connectivity index (χ0v) is 21.6. The van der Waals surface area contributed by atoms with Gasteiger partial charge in [-0.1, -0.05) is 36.4 Å². The van der Waals surface area contributed by atoms with Crippen molar-refractivity contribution in [3.05, 3.63) is 78.1 Å². The number of likely N-dealkylation sites (N-methyl/N-ethyl adjacent to an activating group) is 1. The van der Waals surface area contributed by atoms with Gasteiger partial charge >= 0.3 is 0 Å². The number of hydrogen-bond acceptors (Lipinski definition) is 6. The Kier molecular flexibility index (Phi) is 7.74. The molecule has 4 aromatic rings. The van der Waals surface area contributed by atoms with E-state index in [2.05, 4.69) is 62.7 Å². The topological polar surface area (TPSA) is 119 Å². The molecule has 3 N–H and O–H groups in total. The fourth-order valence-electron chi connectivity index (χ4n) is 4.13. The number of benzene rings is 1. The number of anilines is 1. The highest BCUT2D eigenvalue weighted by atomic mass is 16.2. The van der Waals surface area contributed by atoms with Gasteiger partial charge in [0.2, 0.25) is 17.8 Å². The molecule has 0 saturated heterocycles. The van der Waals surface area contributed by atoms with Crippen LogP contribution in [0.25, 0.3) is 16.9 Å². The number of amides is 2. The van der Waals surface area contributed by atoms with Crippen LogP contribution in [0.3, 0.4) is 0 Å². The predicted molar refractivity (Wildman–Crippen MR) is 146 cm³/mol. The largest absolute Gasteiger partial charge is 0.369 e. The molecule has 0 bridgehead atoms. The van der Waals surface area contributed by atoms with Crippen LogP contribution in [0.15, 0.2) is 66.9 Å². The van der Waals surface area contributed by atoms with E-state index < -0.39 is 0 Å². The van der Waals surface area contributed by atoms with Crippen LogP contribution < -0.4 is 11.1 Å². The molecule has 38 heavy (non-hydrogen) atoms. The molecule has 2 fully saturated rings. The molecule has 2 aliphatic carbocycles. The molecular formula is C29H33N7O2. The molecule has 2 amide bonds. The van der Waals surface area contributed by atoms with Crippen LogP contribution in [-0.2, 0) is 22.6 Å². The Morgan fingerprint density at radius 1 is 1.00 bits per heavy atom. The number of pyridine rings is 2. The lowest BCUT2D eigenvalue weighted by Crippen LogP contribution is -2.21. The highest BCUT2D eigenvalue weighted by Crippen LogP contribution is 2.30. The van der Waals surface area contributed by atoms with Gasteiger partial charge in [0.25, 0.3) is 0 Å². The zero-order chi connectivity index (χ0) is 26.5. The highest BCUT2D eigenvalue weighted by Gasteiger charge is 2.30. The molecule has 3 aromatic heterocycles. The van der Waals surface area contributed by atoms with E-state index in [0.717, 1.165) is 62.1 Å². The predicted octanol–water partition coefficient (Wildman–Crippen LogP) is 3.70. The van der Waals surface area contributed by atoms with Crippen molar-refractivity contribution in [2.24, 2.45) is 17.6 Å². The second kappa shape index (κ2) is 11.5. The molecule has 0 atom stereocenters. The van der Waals surface area contributed by atoms with Gasteiger partial charge in [-0.2, -0.15) is 4.98 Å². The number of primary amides is 1. The standard InChI is InChI=1S/C25H26N6O.C4H7NO/c1-30(16-14-21-5-2-3-15-26-21)17-18-8-10-19(11-9-18)22-6-4-7-23-27-25(29-31(22)23)28-24(32)20-12-13-20;5-4(6)3-1-2-3/h2-11,15,20H,12-14,16-17H2,1H3,(H,28,29,32);3H,1-2H2,(H2,5,6). The summed E-state index contributed by atoms with van der Waals surface area (Å²) >= 11 is 0. The normalized spacial score (nSPS) is 14.7. The fourth-order valence-corrected chi connectivity index (χ4v) is 4.13. The first-order chi connectivity index (χ1) is 18.5. The second-order valence-corrected chi connectivity index (χ2v) is 10.1. The maximum atomic E-state index is 12.1. The molecule has 0 unspecified atom stereocenters. The minimum Gasteiger partial charge on any atom is -0.369 e. The minimum absolute atomic E-state index is 0.0129. The van der Waals surface area contributed by atoms with E-state index in [1.165, 1.54) is 5.56 Å². The first-order valence-corrected chi connectivity index (χ1v) is 13.1. The average Bonchev–Trinajstić information content (AvgIpc) is 3.85. The Morgan fingerprint density at radius 3 is 2.39 bits per heavy atom. The van der Waals surface area contributed by atoms with Crippen LogP contribution >= 0.6 is 0 Å². The van der Waals surface area contributed by atoms with Gasteiger partial charge in [-0.25, -0.2) is 4.52 Å². The van der Waals surface area contributed by atoms with E-state index >= 15 is 0 Å². The highest BCUT2D eigenvalue weighted by molar-refractivity contribution is 5.92. The summed E-state index contributed by atoms with van der Waals surface area (Å²) in [6.07, 6.45) is 6.73. The number of hydrogen-bond donors (Lipinski definition) is 2. The van der Waals surface area contributed by atoms with E-state index in [-0.39, 0.29) is 23.7 Å². The number of nitrogens with two attached hydrogens (primary N) is 1. The van der Waals surface area contributed by atoms with E-state index in [1.54, 1.807) is 4.52 Å². The maximum Gasteiger partial charge on any atom is 0.249 e. The number of nitrogens with one attached hydrogen (secondary N) is 1. The number of carbonyl (C=O) groups excluding carboxylic acids is 2. The Hall–Kier alpha value is -4.11. The Balaban J connectivity index is 0.000000433. The lowest BCUT2D eigenvalue weighted by molar-refractivity contribution is -0.119. The molecule has 0 aliphatic heterocycles. The minimum atomic E-state index is -0.130. The summed E-state index contributed by atoms with van der Waals surface area (Å²) < 4.78 is 1.79. The zero-order valence-electron chi connectivity index (χ0n) is 21.6. The Morgan fingerprint density at radius 2 is 1.76 bits per heavy atom. The van der Waals surface area contributed by atoms with Gasteiger partial charge in [0.1, 0.15) is 0 Å². The molecule has 9 nitrogen and oxygen atoms in total. The molecule has 6 rings (SSSR count). The lowest BCUT2D eigenvalue weighted by atomic mass is 10.1. The molecule has 2 aliphatic rings. The van der Waals surface area contributed by atoms with E-state index in [1.807, 2.05) is 36.5 Å². The van der Waals surface area contributed by atoms with E-state index in [0.29, 0.717) is 11.6 Å². The number of carbonyl (C=O) groups is 2. The number of aromatic nitrogens is 4. The molecule has 196 valence electrons. The summed E-state index contributed by atoms with van der Waals surface area (Å²) in [6.45, 7) is 1.82. The van der Waals surface area contributed by atoms with Crippen LogP contribution in [0.1, 0.15) is 36.9 Å². The summed E-state index contributed by atoms with van der Waals surface area (Å²) in [5.74, 6) is 0.607. The second-order valence-electron chi connectivity index (χ2n) is 10.1. The molecule has 2 saturated carbocycles. The third-order valence-corrected chi connectivity index (χ3v) is 6.70. The van der Waals surface area contributed by atoms with Crippen molar-refractivity contribution in [1.82, 2.24) is 24.5 Å². The maximum absolute atomic E-state index is 12.1. The van der Waals surface area contributed by atoms with Gasteiger partial charge in [0.15, 0.2) is 5.65 Å². The van der Waals surface area contributed by atoms with E-state index in [4.69, 9.17) is 5.73 Å². The summed E-state index contributed by atoms with van der Waals surface area (Å²) in [5, 5.41) is 7.36. The number of fused-ring (bicyclic) bond motifs is 1. The molecule has 0 spiro atoms. The third-order valence-electron chi connectivity index (χ3n) is 6.70. The fraction of sp³-hybridized carbons (Fsp3) is 0.345. The van der Waals surface area contributed by atoms with Gasteiger partial charge in [-0.3, -0.25) is 19.9 Å². The van der Waals surface area contributed by atoms with Crippen LogP contribution in [-0.4, -0.2) is 49.9 Å². The summed E-state index contributed by atoms with van der Waals surface area (Å²) in [7, 11) is 2.13. The average molecular weight is 512 g/mol. The van der Waals surface area contributed by atoms with Gasteiger partial charge in [0, 0.05) is 48.8 Å². The van der Waals surface area contributed by atoms with Crippen molar-refractivity contribution in [2.45, 2.75) is 38.6 Å². The quantitative estimate of drug-likeness (QED) is 0.354. The smallest absolute Gasteiger partial charge is 0.249 e. The number of rotatable bonds is 9. The summed E-state index contributed by atoms with van der Waals surface area (Å²) in [5.41, 5.74) is 9.94. The molecule has 0 radical (unpaired) electrons. The molecule has 3 heterocycles. The first-order valence-electron chi connectivity index (χ1n) is 13.1. The van der Waals surface area contributed by atoms with Crippen LogP contribution in [0.4, 0.5) is 5.95 Å². The summed E-state index contributed by atoms with van der Waals surface area (Å²) in [4.78, 5) is 33.2. The van der Waals surface area contributed by atoms with Gasteiger partial charge in [-0.05, 0) is 62.6 Å². The molecule has 1 aromatic carbocycles. The van der Waals surface area contributed by atoms with Crippen molar-refractivity contribution in [3.63, 3.8) is 0 Å². The first kappa shape index (κ1) is 25.5. The van der Waals surface area contributed by atoms with Gasteiger partial charge < -0.3 is 10.6 Å². The Bertz CT molecular complexity index is 1390. The van der Waals surface area contributed by atoms with Crippen LogP contribution in [0.2, 0.25) is 0 Å². The van der Waals surface area contributed by atoms with Crippen LogP contribution in [0.5, 0.6) is 0 Å².